The minimum absolute atomic E-state index is 0.391. The molecule has 1 N–H and O–H groups in total. The number of nitrogens with zero attached hydrogens (tertiary/aromatic N) is 2. The van der Waals surface area contributed by atoms with Crippen molar-refractivity contribution in [3.8, 4) is 0 Å². The first-order valence-electron chi connectivity index (χ1n) is 7.83. The Balaban J connectivity index is 1.65. The van der Waals surface area contributed by atoms with Crippen LogP contribution in [0.3, 0.4) is 0 Å². The van der Waals surface area contributed by atoms with E-state index in [1.54, 1.807) is 0 Å². The maximum absolute atomic E-state index is 10.1. The molecule has 1 aliphatic rings. The summed E-state index contributed by atoms with van der Waals surface area (Å²) in [6.07, 6.45) is 2.04. The van der Waals surface area contributed by atoms with Crippen LogP contribution in [0.15, 0.2) is 30.3 Å². The lowest BCUT2D eigenvalue weighted by Gasteiger charge is -2.36. The highest BCUT2D eigenvalue weighted by Gasteiger charge is 2.22. The molecule has 0 radical (unpaired) electrons. The number of piperidine rings is 1. The Labute approximate surface area is 128 Å². The molecule has 1 aromatic carbocycles. The van der Waals surface area contributed by atoms with Gasteiger partial charge in [0.15, 0.2) is 0 Å². The smallest absolute Gasteiger partial charge is 0.0900 e. The lowest BCUT2D eigenvalue weighted by atomic mass is 10.0. The fourth-order valence-electron chi connectivity index (χ4n) is 2.92. The van der Waals surface area contributed by atoms with Crippen LogP contribution in [0.5, 0.6) is 0 Å². The molecule has 118 valence electrons. The molecule has 1 heterocycles. The predicted molar refractivity (Wildman–Crippen MR) is 85.3 cm³/mol. The maximum Gasteiger partial charge on any atom is 0.0900 e. The van der Waals surface area contributed by atoms with E-state index in [0.29, 0.717) is 25.8 Å². The third-order valence-corrected chi connectivity index (χ3v) is 4.14. The molecule has 0 saturated carbocycles. The van der Waals surface area contributed by atoms with Gasteiger partial charge in [0.25, 0.3) is 0 Å². The largest absolute Gasteiger partial charge is 0.389 e. The van der Waals surface area contributed by atoms with Crippen LogP contribution in [0.4, 0.5) is 0 Å². The summed E-state index contributed by atoms with van der Waals surface area (Å²) in [5.41, 5.74) is 1.15. The first kappa shape index (κ1) is 16.4. The van der Waals surface area contributed by atoms with Gasteiger partial charge in [-0.05, 0) is 39.0 Å². The summed E-state index contributed by atoms with van der Waals surface area (Å²) in [6, 6.07) is 10.6. The summed E-state index contributed by atoms with van der Waals surface area (Å²) >= 11 is 0. The van der Waals surface area contributed by atoms with E-state index in [1.165, 1.54) is 19.4 Å². The zero-order chi connectivity index (χ0) is 15.1. The van der Waals surface area contributed by atoms with E-state index in [0.717, 1.165) is 12.1 Å². The molecule has 2 atom stereocenters. The summed E-state index contributed by atoms with van der Waals surface area (Å²) in [6.45, 7) is 3.91. The Kier molecular flexibility index (Phi) is 6.64. The van der Waals surface area contributed by atoms with Crippen LogP contribution in [0.25, 0.3) is 0 Å². The Bertz CT molecular complexity index is 399. The number of hydrogen-bond acceptors (Lipinski definition) is 4. The van der Waals surface area contributed by atoms with Crippen LogP contribution in [-0.2, 0) is 11.3 Å². The molecule has 0 aliphatic carbocycles. The van der Waals surface area contributed by atoms with Gasteiger partial charge in [-0.25, -0.2) is 0 Å². The van der Waals surface area contributed by atoms with Crippen molar-refractivity contribution in [1.82, 2.24) is 9.80 Å². The molecular formula is C17H28N2O2. The number of likely N-dealkylation sites (tertiary alicyclic amines) is 1. The Hall–Kier alpha value is -0.940. The summed E-state index contributed by atoms with van der Waals surface area (Å²) < 4.78 is 5.60. The highest BCUT2D eigenvalue weighted by atomic mass is 16.5. The molecule has 0 aromatic heterocycles. The van der Waals surface area contributed by atoms with E-state index in [4.69, 9.17) is 4.74 Å². The number of ether oxygens (including phenoxy) is 1. The van der Waals surface area contributed by atoms with Gasteiger partial charge in [-0.1, -0.05) is 30.3 Å². The van der Waals surface area contributed by atoms with Crippen molar-refractivity contribution in [3.63, 3.8) is 0 Å². The predicted octanol–water partition coefficient (Wildman–Crippen LogP) is 1.59. The Morgan fingerprint density at radius 2 is 2.14 bits per heavy atom. The maximum atomic E-state index is 10.1. The molecule has 1 saturated heterocycles. The summed E-state index contributed by atoms with van der Waals surface area (Å²) in [7, 11) is 4.27. The second-order valence-corrected chi connectivity index (χ2v) is 6.15. The minimum Gasteiger partial charge on any atom is -0.389 e. The molecule has 0 amide bonds. The molecule has 21 heavy (non-hydrogen) atoms. The van der Waals surface area contributed by atoms with Gasteiger partial charge in [-0.3, -0.25) is 4.90 Å². The second-order valence-electron chi connectivity index (χ2n) is 6.15. The van der Waals surface area contributed by atoms with E-state index in [-0.39, 0.29) is 0 Å². The number of benzene rings is 1. The van der Waals surface area contributed by atoms with E-state index in [1.807, 2.05) is 30.3 Å². The highest BCUT2D eigenvalue weighted by Crippen LogP contribution is 2.13. The molecule has 4 heteroatoms. The first-order chi connectivity index (χ1) is 10.1. The molecule has 1 fully saturated rings. The molecule has 2 rings (SSSR count). The fraction of sp³-hybridized carbons (Fsp3) is 0.647. The molecule has 0 spiro atoms. The quantitative estimate of drug-likeness (QED) is 0.828. The molecule has 0 bridgehead atoms. The molecule has 1 aliphatic heterocycles. The van der Waals surface area contributed by atoms with Crippen molar-refractivity contribution in [3.05, 3.63) is 35.9 Å². The van der Waals surface area contributed by atoms with Gasteiger partial charge in [0.2, 0.25) is 0 Å². The van der Waals surface area contributed by atoms with Crippen molar-refractivity contribution in [2.24, 2.45) is 0 Å². The van der Waals surface area contributed by atoms with Gasteiger partial charge >= 0.3 is 0 Å². The molecule has 4 nitrogen and oxygen atoms in total. The van der Waals surface area contributed by atoms with Crippen molar-refractivity contribution < 1.29 is 9.84 Å². The van der Waals surface area contributed by atoms with E-state index < -0.39 is 6.10 Å². The summed E-state index contributed by atoms with van der Waals surface area (Å²) in [5.74, 6) is 0. The number of aliphatic hydroxyl groups is 1. The highest BCUT2D eigenvalue weighted by molar-refractivity contribution is 5.13. The fourth-order valence-corrected chi connectivity index (χ4v) is 2.92. The summed E-state index contributed by atoms with van der Waals surface area (Å²) in [5, 5.41) is 10.1. The Morgan fingerprint density at radius 1 is 1.38 bits per heavy atom. The lowest BCUT2D eigenvalue weighted by Crippen LogP contribution is -2.47. The van der Waals surface area contributed by atoms with Crippen molar-refractivity contribution in [1.29, 1.82) is 0 Å². The van der Waals surface area contributed by atoms with E-state index in [2.05, 4.69) is 23.9 Å². The molecule has 2 unspecified atom stereocenters. The normalized spacial score (nSPS) is 21.6. The minimum atomic E-state index is -0.425. The summed E-state index contributed by atoms with van der Waals surface area (Å²) in [4.78, 5) is 4.63. The zero-order valence-corrected chi connectivity index (χ0v) is 13.2. The van der Waals surface area contributed by atoms with Crippen LogP contribution >= 0.6 is 0 Å². The van der Waals surface area contributed by atoms with Gasteiger partial charge < -0.3 is 14.7 Å². The zero-order valence-electron chi connectivity index (χ0n) is 13.2. The molecular weight excluding hydrogens is 264 g/mol. The van der Waals surface area contributed by atoms with Crippen molar-refractivity contribution in [2.75, 3.05) is 40.3 Å². The number of aliphatic hydroxyl groups excluding tert-OH is 1. The molecule has 1 aromatic rings. The van der Waals surface area contributed by atoms with E-state index >= 15 is 0 Å². The lowest BCUT2D eigenvalue weighted by molar-refractivity contribution is 0.00184. The van der Waals surface area contributed by atoms with Gasteiger partial charge in [-0.2, -0.15) is 0 Å². The van der Waals surface area contributed by atoms with Crippen molar-refractivity contribution in [2.45, 2.75) is 31.6 Å². The topological polar surface area (TPSA) is 35.9 Å². The standard InChI is InChI=1S/C17H28N2O2/c1-18-10-6-9-16(11-18)19(2)12-17(20)14-21-13-15-7-4-3-5-8-15/h3-5,7-8,16-17,20H,6,9-14H2,1-2H3. The number of likely N-dealkylation sites (N-methyl/N-ethyl adjacent to an activating group) is 2. The average molecular weight is 292 g/mol. The number of rotatable bonds is 7. The van der Waals surface area contributed by atoms with Crippen LogP contribution in [0, 0.1) is 0 Å². The van der Waals surface area contributed by atoms with Gasteiger partial charge in [-0.15, -0.1) is 0 Å². The third kappa shape index (κ3) is 5.75. The first-order valence-corrected chi connectivity index (χ1v) is 7.83. The average Bonchev–Trinajstić information content (AvgIpc) is 2.48. The third-order valence-electron chi connectivity index (χ3n) is 4.14. The SMILES string of the molecule is CN1CCCC(N(C)CC(O)COCc2ccccc2)C1. The van der Waals surface area contributed by atoms with Gasteiger partial charge in [0.05, 0.1) is 19.3 Å². The van der Waals surface area contributed by atoms with Crippen LogP contribution in [0.2, 0.25) is 0 Å². The van der Waals surface area contributed by atoms with Crippen LogP contribution in [-0.4, -0.2) is 67.4 Å². The van der Waals surface area contributed by atoms with Crippen molar-refractivity contribution >= 4 is 0 Å². The monoisotopic (exact) mass is 292 g/mol. The van der Waals surface area contributed by atoms with Crippen LogP contribution in [0.1, 0.15) is 18.4 Å². The van der Waals surface area contributed by atoms with E-state index in [9.17, 15) is 5.11 Å². The second kappa shape index (κ2) is 8.49. The van der Waals surface area contributed by atoms with Gasteiger partial charge in [0.1, 0.15) is 0 Å². The van der Waals surface area contributed by atoms with Gasteiger partial charge in [0, 0.05) is 19.1 Å². The Morgan fingerprint density at radius 3 is 2.86 bits per heavy atom. The van der Waals surface area contributed by atoms with Crippen LogP contribution < -0.4 is 0 Å². The number of hydrogen-bond donors (Lipinski definition) is 1.